The quantitative estimate of drug-likeness (QED) is 0.751. The van der Waals surface area contributed by atoms with Gasteiger partial charge in [0.25, 0.3) is 5.91 Å². The smallest absolute Gasteiger partial charge is 0.258 e. The molecule has 2 heterocycles. The number of ether oxygens (including phenoxy) is 1. The summed E-state index contributed by atoms with van der Waals surface area (Å²) in [6, 6.07) is 15.2. The zero-order chi connectivity index (χ0) is 17.6. The van der Waals surface area contributed by atoms with E-state index in [4.69, 9.17) is 4.74 Å². The molecule has 6 nitrogen and oxygen atoms in total. The number of hydrogen-bond acceptors (Lipinski definition) is 4. The predicted molar refractivity (Wildman–Crippen MR) is 95.0 cm³/mol. The summed E-state index contributed by atoms with van der Waals surface area (Å²) in [5, 5.41) is 7.23. The highest BCUT2D eigenvalue weighted by atomic mass is 16.5. The lowest BCUT2D eigenvalue weighted by molar-refractivity contribution is -0.123. The lowest BCUT2D eigenvalue weighted by Crippen LogP contribution is -2.28. The number of hydrogen-bond donors (Lipinski definition) is 1. The Morgan fingerprint density at radius 1 is 1.20 bits per heavy atom. The monoisotopic (exact) mass is 336 g/mol. The molecule has 25 heavy (non-hydrogen) atoms. The van der Waals surface area contributed by atoms with Crippen molar-refractivity contribution < 1.29 is 9.53 Å². The van der Waals surface area contributed by atoms with Crippen LogP contribution in [0.4, 0.5) is 0 Å². The number of amides is 1. The van der Waals surface area contributed by atoms with E-state index in [0.29, 0.717) is 12.3 Å². The van der Waals surface area contributed by atoms with Gasteiger partial charge in [-0.25, -0.2) is 0 Å². The molecule has 1 aromatic carbocycles. The normalized spacial score (nSPS) is 10.5. The average molecular weight is 336 g/mol. The Kier molecular flexibility index (Phi) is 5.09. The van der Waals surface area contributed by atoms with E-state index in [1.54, 1.807) is 10.9 Å². The highest BCUT2D eigenvalue weighted by Gasteiger charge is 2.10. The van der Waals surface area contributed by atoms with Crippen LogP contribution in [0.3, 0.4) is 0 Å². The van der Waals surface area contributed by atoms with Gasteiger partial charge in [-0.1, -0.05) is 18.2 Å². The molecule has 0 aliphatic carbocycles. The second-order valence-electron chi connectivity index (χ2n) is 5.74. The Morgan fingerprint density at radius 2 is 2.08 bits per heavy atom. The minimum atomic E-state index is -0.188. The summed E-state index contributed by atoms with van der Waals surface area (Å²) in [6.45, 7) is 2.30. The maximum atomic E-state index is 12.0. The van der Waals surface area contributed by atoms with Crippen LogP contribution in [0.15, 0.2) is 54.7 Å². The Bertz CT molecular complexity index is 859. The third-order valence-electron chi connectivity index (χ3n) is 3.68. The molecule has 0 radical (unpaired) electrons. The van der Waals surface area contributed by atoms with E-state index in [1.165, 1.54) is 0 Å². The van der Waals surface area contributed by atoms with E-state index >= 15 is 0 Å². The summed E-state index contributed by atoms with van der Waals surface area (Å²) in [5.41, 5.74) is 3.61. The number of carbonyl (C=O) groups excluding carboxylic acids is 1. The molecule has 0 atom stereocenters. The van der Waals surface area contributed by atoms with Crippen LogP contribution in [0.5, 0.6) is 5.75 Å². The topological polar surface area (TPSA) is 69.0 Å². The second-order valence-corrected chi connectivity index (χ2v) is 5.74. The lowest BCUT2D eigenvalue weighted by Gasteiger charge is -2.07. The summed E-state index contributed by atoms with van der Waals surface area (Å²) >= 11 is 0. The molecule has 0 aliphatic heterocycles. The predicted octanol–water partition coefficient (Wildman–Crippen LogP) is 2.49. The van der Waals surface area contributed by atoms with Crippen molar-refractivity contribution in [3.63, 3.8) is 0 Å². The standard InChI is InChI=1S/C19H20N4O2/c1-14-6-5-7-16(10-14)25-13-19(24)21-12-15-11-18(23(2)22-15)17-8-3-4-9-20-17/h3-11H,12-13H2,1-2H3,(H,21,24). The molecule has 0 saturated carbocycles. The van der Waals surface area contributed by atoms with E-state index in [9.17, 15) is 4.79 Å². The summed E-state index contributed by atoms with van der Waals surface area (Å²) < 4.78 is 7.24. The van der Waals surface area contributed by atoms with Crippen LogP contribution >= 0.6 is 0 Å². The van der Waals surface area contributed by atoms with Gasteiger partial charge in [0.15, 0.2) is 6.61 Å². The molecular weight excluding hydrogens is 316 g/mol. The first-order valence-corrected chi connectivity index (χ1v) is 8.02. The van der Waals surface area contributed by atoms with Crippen molar-refractivity contribution in [1.82, 2.24) is 20.1 Å². The highest BCUT2D eigenvalue weighted by molar-refractivity contribution is 5.77. The lowest BCUT2D eigenvalue weighted by atomic mass is 10.2. The van der Waals surface area contributed by atoms with E-state index < -0.39 is 0 Å². The Hall–Kier alpha value is -3.15. The number of benzene rings is 1. The Morgan fingerprint density at radius 3 is 2.84 bits per heavy atom. The van der Waals surface area contributed by atoms with Crippen molar-refractivity contribution in [1.29, 1.82) is 0 Å². The van der Waals surface area contributed by atoms with Crippen molar-refractivity contribution in [3.8, 4) is 17.1 Å². The molecule has 6 heteroatoms. The van der Waals surface area contributed by atoms with Crippen LogP contribution in [0.2, 0.25) is 0 Å². The minimum Gasteiger partial charge on any atom is -0.484 e. The van der Waals surface area contributed by atoms with Gasteiger partial charge in [-0.05, 0) is 42.8 Å². The molecule has 0 spiro atoms. The minimum absolute atomic E-state index is 0.0244. The molecule has 0 saturated heterocycles. The molecule has 2 aromatic heterocycles. The van der Waals surface area contributed by atoms with Crippen molar-refractivity contribution >= 4 is 5.91 Å². The van der Waals surface area contributed by atoms with Gasteiger partial charge in [0.05, 0.1) is 23.6 Å². The zero-order valence-electron chi connectivity index (χ0n) is 14.3. The third-order valence-corrected chi connectivity index (χ3v) is 3.68. The molecule has 3 aromatic rings. The molecule has 128 valence electrons. The molecule has 3 rings (SSSR count). The molecule has 0 bridgehead atoms. The van der Waals surface area contributed by atoms with E-state index in [2.05, 4.69) is 15.4 Å². The van der Waals surface area contributed by atoms with Crippen LogP contribution in [0, 0.1) is 6.92 Å². The molecule has 0 unspecified atom stereocenters. The number of rotatable bonds is 6. The molecule has 1 amide bonds. The number of aryl methyl sites for hydroxylation is 2. The molecule has 1 N–H and O–H groups in total. The summed E-state index contributed by atoms with van der Waals surface area (Å²) in [7, 11) is 1.86. The maximum absolute atomic E-state index is 12.0. The van der Waals surface area contributed by atoms with Crippen LogP contribution in [0.1, 0.15) is 11.3 Å². The highest BCUT2D eigenvalue weighted by Crippen LogP contribution is 2.16. The van der Waals surface area contributed by atoms with Crippen molar-refractivity contribution in [2.45, 2.75) is 13.5 Å². The van der Waals surface area contributed by atoms with Gasteiger partial charge in [0.1, 0.15) is 5.75 Å². The molecular formula is C19H20N4O2. The van der Waals surface area contributed by atoms with Crippen LogP contribution < -0.4 is 10.1 Å². The average Bonchev–Trinajstić information content (AvgIpc) is 3.00. The van der Waals surface area contributed by atoms with Crippen LogP contribution in [-0.4, -0.2) is 27.3 Å². The largest absolute Gasteiger partial charge is 0.484 e. The van der Waals surface area contributed by atoms with Crippen molar-refractivity contribution in [3.05, 3.63) is 66.0 Å². The maximum Gasteiger partial charge on any atom is 0.258 e. The fourth-order valence-electron chi connectivity index (χ4n) is 2.46. The molecule has 0 fully saturated rings. The van der Waals surface area contributed by atoms with E-state index in [-0.39, 0.29) is 12.5 Å². The summed E-state index contributed by atoms with van der Waals surface area (Å²) in [5.74, 6) is 0.497. The van der Waals surface area contributed by atoms with Gasteiger partial charge >= 0.3 is 0 Å². The van der Waals surface area contributed by atoms with Gasteiger partial charge in [-0.3, -0.25) is 14.5 Å². The van der Waals surface area contributed by atoms with Crippen molar-refractivity contribution in [2.24, 2.45) is 7.05 Å². The first-order valence-electron chi connectivity index (χ1n) is 8.02. The number of nitrogens with one attached hydrogen (secondary N) is 1. The van der Waals surface area contributed by atoms with E-state index in [1.807, 2.05) is 62.5 Å². The van der Waals surface area contributed by atoms with E-state index in [0.717, 1.165) is 22.6 Å². The number of pyridine rings is 1. The zero-order valence-corrected chi connectivity index (χ0v) is 14.3. The summed E-state index contributed by atoms with van der Waals surface area (Å²) in [4.78, 5) is 16.3. The van der Waals surface area contributed by atoms with Gasteiger partial charge in [0, 0.05) is 13.2 Å². The third kappa shape index (κ3) is 4.44. The SMILES string of the molecule is Cc1cccc(OCC(=O)NCc2cc(-c3ccccn3)n(C)n2)c1. The fourth-order valence-corrected chi connectivity index (χ4v) is 2.46. The second kappa shape index (κ2) is 7.61. The fraction of sp³-hybridized carbons (Fsp3) is 0.211. The first kappa shape index (κ1) is 16.7. The van der Waals surface area contributed by atoms with Crippen LogP contribution in [0.25, 0.3) is 11.4 Å². The Labute approximate surface area is 146 Å². The summed E-state index contributed by atoms with van der Waals surface area (Å²) in [6.07, 6.45) is 1.74. The van der Waals surface area contributed by atoms with Gasteiger partial charge in [0.2, 0.25) is 0 Å². The van der Waals surface area contributed by atoms with Gasteiger partial charge < -0.3 is 10.1 Å². The number of carbonyl (C=O) groups is 1. The number of nitrogens with zero attached hydrogens (tertiary/aromatic N) is 3. The van der Waals surface area contributed by atoms with Crippen LogP contribution in [-0.2, 0) is 18.4 Å². The van der Waals surface area contributed by atoms with Gasteiger partial charge in [-0.2, -0.15) is 5.10 Å². The van der Waals surface area contributed by atoms with Crippen molar-refractivity contribution in [2.75, 3.05) is 6.61 Å². The number of aromatic nitrogens is 3. The Balaban J connectivity index is 1.54. The van der Waals surface area contributed by atoms with Gasteiger partial charge in [-0.15, -0.1) is 0 Å². The first-order chi connectivity index (χ1) is 12.1. The molecule has 0 aliphatic rings.